The largest absolute Gasteiger partial charge is 0.497 e. The number of nitrogens with one attached hydrogen (secondary N) is 1. The topological polar surface area (TPSA) is 56.2 Å². The van der Waals surface area contributed by atoms with Gasteiger partial charge in [-0.15, -0.1) is 0 Å². The van der Waals surface area contributed by atoms with Crippen molar-refractivity contribution in [3.05, 3.63) is 71.5 Å². The number of rotatable bonds is 7. The van der Waals surface area contributed by atoms with E-state index in [1.165, 1.54) is 22.9 Å². The molecule has 6 heteroatoms. The van der Waals surface area contributed by atoms with Crippen LogP contribution in [0.25, 0.3) is 5.69 Å². The maximum absolute atomic E-state index is 12.4. The molecular weight excluding hydrogens is 370 g/mol. The summed E-state index contributed by atoms with van der Waals surface area (Å²) in [4.78, 5) is 16.8. The summed E-state index contributed by atoms with van der Waals surface area (Å²) in [6.07, 6.45) is 3.63. The van der Waals surface area contributed by atoms with Gasteiger partial charge in [-0.3, -0.25) is 9.36 Å². The van der Waals surface area contributed by atoms with Gasteiger partial charge in [0.15, 0.2) is 5.16 Å². The van der Waals surface area contributed by atoms with Gasteiger partial charge in [-0.1, -0.05) is 30.0 Å². The molecule has 0 aliphatic carbocycles. The Balaban J connectivity index is 1.60. The zero-order valence-electron chi connectivity index (χ0n) is 16.6. The fourth-order valence-electron chi connectivity index (χ4n) is 2.87. The van der Waals surface area contributed by atoms with E-state index in [0.29, 0.717) is 5.75 Å². The van der Waals surface area contributed by atoms with Crippen molar-refractivity contribution in [3.63, 3.8) is 0 Å². The van der Waals surface area contributed by atoms with Gasteiger partial charge in [0.25, 0.3) is 0 Å². The molecule has 1 heterocycles. The number of imidazole rings is 1. The number of aromatic nitrogens is 2. The summed E-state index contributed by atoms with van der Waals surface area (Å²) in [5.74, 6) is 1.10. The molecule has 1 N–H and O–H groups in total. The molecule has 0 aliphatic heterocycles. The summed E-state index contributed by atoms with van der Waals surface area (Å²) in [6.45, 7) is 6.18. The van der Waals surface area contributed by atoms with Crippen LogP contribution in [0.3, 0.4) is 0 Å². The van der Waals surface area contributed by atoms with E-state index in [-0.39, 0.29) is 11.9 Å². The van der Waals surface area contributed by atoms with Gasteiger partial charge in [0.1, 0.15) is 5.75 Å². The summed E-state index contributed by atoms with van der Waals surface area (Å²) in [6, 6.07) is 14.0. The highest BCUT2D eigenvalue weighted by molar-refractivity contribution is 7.99. The maximum Gasteiger partial charge on any atom is 0.230 e. The van der Waals surface area contributed by atoms with Crippen LogP contribution in [0, 0.1) is 13.8 Å². The first kappa shape index (κ1) is 20.0. The summed E-state index contributed by atoms with van der Waals surface area (Å²) in [7, 11) is 1.64. The smallest absolute Gasteiger partial charge is 0.230 e. The van der Waals surface area contributed by atoms with Crippen molar-refractivity contribution in [1.82, 2.24) is 14.9 Å². The highest BCUT2D eigenvalue weighted by atomic mass is 32.2. The van der Waals surface area contributed by atoms with Gasteiger partial charge in [0, 0.05) is 18.1 Å². The molecule has 1 amide bonds. The minimum absolute atomic E-state index is 0.0139. The molecule has 1 aromatic heterocycles. The SMILES string of the molecule is COc1ccc(-n2ccnc2SCC(=O)NC(C)c2ccc(C)c(C)c2)cc1. The molecule has 3 aromatic rings. The zero-order valence-corrected chi connectivity index (χ0v) is 17.4. The maximum atomic E-state index is 12.4. The molecule has 2 aromatic carbocycles. The normalized spacial score (nSPS) is 11.9. The number of aryl methyl sites for hydroxylation is 2. The number of amides is 1. The van der Waals surface area contributed by atoms with Crippen LogP contribution < -0.4 is 10.1 Å². The third kappa shape index (κ3) is 4.75. The third-order valence-corrected chi connectivity index (χ3v) is 5.67. The van der Waals surface area contributed by atoms with Gasteiger partial charge in [-0.25, -0.2) is 4.98 Å². The van der Waals surface area contributed by atoms with E-state index in [4.69, 9.17) is 4.74 Å². The molecule has 0 aliphatic rings. The van der Waals surface area contributed by atoms with Crippen LogP contribution in [0.15, 0.2) is 60.0 Å². The summed E-state index contributed by atoms with van der Waals surface area (Å²) >= 11 is 1.42. The number of thioether (sulfide) groups is 1. The summed E-state index contributed by atoms with van der Waals surface area (Å²) in [5, 5.41) is 3.84. The summed E-state index contributed by atoms with van der Waals surface area (Å²) in [5.41, 5.74) is 4.57. The van der Waals surface area contributed by atoms with Gasteiger partial charge in [-0.05, 0) is 61.7 Å². The van der Waals surface area contributed by atoms with Crippen LogP contribution in [-0.4, -0.2) is 28.3 Å². The van der Waals surface area contributed by atoms with Gasteiger partial charge in [-0.2, -0.15) is 0 Å². The van der Waals surface area contributed by atoms with E-state index in [1.807, 2.05) is 42.0 Å². The van der Waals surface area contributed by atoms with E-state index in [2.05, 4.69) is 42.3 Å². The van der Waals surface area contributed by atoms with Gasteiger partial charge >= 0.3 is 0 Å². The Hall–Kier alpha value is -2.73. The second-order valence-electron chi connectivity index (χ2n) is 6.70. The number of methoxy groups -OCH3 is 1. The quantitative estimate of drug-likeness (QED) is 0.600. The number of nitrogens with zero attached hydrogens (tertiary/aromatic N) is 2. The van der Waals surface area contributed by atoms with Crippen molar-refractivity contribution < 1.29 is 9.53 Å². The second kappa shape index (κ2) is 8.97. The highest BCUT2D eigenvalue weighted by Gasteiger charge is 2.13. The van der Waals surface area contributed by atoms with Crippen LogP contribution in [0.2, 0.25) is 0 Å². The molecule has 0 saturated heterocycles. The molecule has 1 unspecified atom stereocenters. The molecule has 146 valence electrons. The molecule has 1 atom stereocenters. The number of carbonyl (C=O) groups is 1. The Morgan fingerprint density at radius 3 is 2.61 bits per heavy atom. The molecule has 0 spiro atoms. The predicted octanol–water partition coefficient (Wildman–Crippen LogP) is 4.47. The fraction of sp³-hybridized carbons (Fsp3) is 0.273. The van der Waals surface area contributed by atoms with Crippen LogP contribution >= 0.6 is 11.8 Å². The van der Waals surface area contributed by atoms with Gasteiger partial charge < -0.3 is 10.1 Å². The first-order valence-electron chi connectivity index (χ1n) is 9.15. The Morgan fingerprint density at radius 2 is 1.93 bits per heavy atom. The predicted molar refractivity (Wildman–Crippen MR) is 113 cm³/mol. The Morgan fingerprint density at radius 1 is 1.18 bits per heavy atom. The first-order valence-corrected chi connectivity index (χ1v) is 10.1. The molecule has 0 bridgehead atoms. The first-order chi connectivity index (χ1) is 13.5. The molecule has 0 fully saturated rings. The Labute approximate surface area is 170 Å². The molecule has 28 heavy (non-hydrogen) atoms. The standard InChI is InChI=1S/C22H25N3O2S/c1-15-5-6-18(13-16(15)2)17(3)24-21(26)14-28-22-23-11-12-25(22)19-7-9-20(27-4)10-8-19/h5-13,17H,14H2,1-4H3,(H,24,26). The van der Waals surface area contributed by atoms with E-state index in [0.717, 1.165) is 22.2 Å². The molecule has 0 saturated carbocycles. The van der Waals surface area contributed by atoms with Crippen LogP contribution in [0.4, 0.5) is 0 Å². The molecule has 3 rings (SSSR count). The lowest BCUT2D eigenvalue weighted by molar-refractivity contribution is -0.119. The Bertz CT molecular complexity index is 951. The van der Waals surface area contributed by atoms with Crippen LogP contribution in [0.1, 0.15) is 29.7 Å². The minimum Gasteiger partial charge on any atom is -0.497 e. The van der Waals surface area contributed by atoms with Crippen molar-refractivity contribution in [3.8, 4) is 11.4 Å². The minimum atomic E-state index is -0.0336. The average Bonchev–Trinajstić information content (AvgIpc) is 3.17. The lowest BCUT2D eigenvalue weighted by Crippen LogP contribution is -2.28. The molecular formula is C22H25N3O2S. The summed E-state index contributed by atoms with van der Waals surface area (Å²) < 4.78 is 7.16. The molecule has 5 nitrogen and oxygen atoms in total. The fourth-order valence-corrected chi connectivity index (χ4v) is 3.65. The average molecular weight is 396 g/mol. The lowest BCUT2D eigenvalue weighted by Gasteiger charge is -2.16. The number of carbonyl (C=O) groups excluding carboxylic acids is 1. The highest BCUT2D eigenvalue weighted by Crippen LogP contribution is 2.23. The van der Waals surface area contributed by atoms with Crippen LogP contribution in [-0.2, 0) is 4.79 Å². The van der Waals surface area contributed by atoms with E-state index in [1.54, 1.807) is 13.3 Å². The van der Waals surface area contributed by atoms with E-state index in [9.17, 15) is 4.79 Å². The van der Waals surface area contributed by atoms with Crippen molar-refractivity contribution in [2.45, 2.75) is 32.0 Å². The van der Waals surface area contributed by atoms with Crippen molar-refractivity contribution in [2.24, 2.45) is 0 Å². The van der Waals surface area contributed by atoms with Crippen molar-refractivity contribution >= 4 is 17.7 Å². The van der Waals surface area contributed by atoms with Crippen LogP contribution in [0.5, 0.6) is 5.75 Å². The van der Waals surface area contributed by atoms with Crippen molar-refractivity contribution in [2.75, 3.05) is 12.9 Å². The van der Waals surface area contributed by atoms with Gasteiger partial charge in [0.2, 0.25) is 5.91 Å². The second-order valence-corrected chi connectivity index (χ2v) is 7.64. The van der Waals surface area contributed by atoms with Crippen molar-refractivity contribution in [1.29, 1.82) is 0 Å². The zero-order chi connectivity index (χ0) is 20.1. The van der Waals surface area contributed by atoms with Gasteiger partial charge in [0.05, 0.1) is 18.9 Å². The molecule has 0 radical (unpaired) electrons. The number of hydrogen-bond donors (Lipinski definition) is 1. The Kier molecular flexibility index (Phi) is 6.41. The van der Waals surface area contributed by atoms with E-state index >= 15 is 0 Å². The number of benzene rings is 2. The number of ether oxygens (including phenoxy) is 1. The van der Waals surface area contributed by atoms with E-state index < -0.39 is 0 Å². The lowest BCUT2D eigenvalue weighted by atomic mass is 10.0. The third-order valence-electron chi connectivity index (χ3n) is 4.70. The number of hydrogen-bond acceptors (Lipinski definition) is 4. The monoisotopic (exact) mass is 395 g/mol.